The zero-order valence-electron chi connectivity index (χ0n) is 15.9. The third kappa shape index (κ3) is 5.41. The molecule has 30 heavy (non-hydrogen) atoms. The number of aromatic nitrogens is 1. The largest absolute Gasteiger partial charge is 0.483 e. The molecule has 0 unspecified atom stereocenters. The van der Waals surface area contributed by atoms with Crippen molar-refractivity contribution >= 4 is 59.4 Å². The second kappa shape index (κ2) is 9.19. The van der Waals surface area contributed by atoms with Crippen molar-refractivity contribution < 1.29 is 22.5 Å². The number of halogens is 2. The predicted molar refractivity (Wildman–Crippen MR) is 119 cm³/mol. The van der Waals surface area contributed by atoms with E-state index in [4.69, 9.17) is 9.26 Å². The Labute approximate surface area is 190 Å². The molecule has 158 valence electrons. The van der Waals surface area contributed by atoms with Gasteiger partial charge in [0, 0.05) is 15.7 Å². The van der Waals surface area contributed by atoms with Crippen LogP contribution in [0.1, 0.15) is 11.3 Å². The van der Waals surface area contributed by atoms with E-state index in [2.05, 4.69) is 47.1 Å². The summed E-state index contributed by atoms with van der Waals surface area (Å²) in [5.74, 6) is 0.214. The monoisotopic (exact) mass is 557 g/mol. The van der Waals surface area contributed by atoms with Crippen LogP contribution < -0.4 is 14.8 Å². The van der Waals surface area contributed by atoms with Gasteiger partial charge in [-0.3, -0.25) is 4.79 Å². The normalized spacial score (nSPS) is 11.2. The van der Waals surface area contributed by atoms with E-state index in [9.17, 15) is 13.2 Å². The van der Waals surface area contributed by atoms with Crippen LogP contribution in [0.5, 0.6) is 5.75 Å². The van der Waals surface area contributed by atoms with E-state index in [1.807, 2.05) is 6.07 Å². The minimum absolute atomic E-state index is 0.0176. The molecule has 0 fully saturated rings. The zero-order valence-corrected chi connectivity index (χ0v) is 19.9. The highest BCUT2D eigenvalue weighted by molar-refractivity contribution is 9.11. The molecule has 0 saturated carbocycles. The topological polar surface area (TPSA) is 111 Å². The maximum atomic E-state index is 12.5. The van der Waals surface area contributed by atoms with Gasteiger partial charge in [-0.25, -0.2) is 13.1 Å². The van der Waals surface area contributed by atoms with Gasteiger partial charge in [0.15, 0.2) is 6.61 Å². The maximum Gasteiger partial charge on any atom is 0.264 e. The summed E-state index contributed by atoms with van der Waals surface area (Å²) in [7, 11) is -3.85. The first-order chi connectivity index (χ1) is 14.2. The highest BCUT2D eigenvalue weighted by Gasteiger charge is 2.19. The van der Waals surface area contributed by atoms with Gasteiger partial charge in [-0.1, -0.05) is 21.1 Å². The molecule has 2 N–H and O–H groups in total. The fourth-order valence-electron chi connectivity index (χ4n) is 2.34. The van der Waals surface area contributed by atoms with Crippen LogP contribution in [0.4, 0.5) is 11.6 Å². The molecule has 0 aliphatic carbocycles. The molecule has 1 amide bonds. The van der Waals surface area contributed by atoms with Crippen molar-refractivity contribution in [1.29, 1.82) is 0 Å². The standard InChI is InChI=1S/C19H17Br2N3O5S/c1-11-12(2)23-29-19(11)24-30(26,27)15-6-4-14(5-7-15)22-18(25)10-28-17-8-3-13(20)9-16(17)21/h3-9,24H,10H2,1-2H3,(H,22,25). The summed E-state index contributed by atoms with van der Waals surface area (Å²) in [5.41, 5.74) is 1.65. The molecule has 11 heteroatoms. The van der Waals surface area contributed by atoms with E-state index in [0.29, 0.717) is 27.2 Å². The molecule has 0 aliphatic heterocycles. The quantitative estimate of drug-likeness (QED) is 0.437. The number of aryl methyl sites for hydroxylation is 1. The molecule has 0 radical (unpaired) electrons. The molecule has 1 heterocycles. The van der Waals surface area contributed by atoms with Crippen LogP contribution in [0.15, 0.2) is 60.8 Å². The Morgan fingerprint density at radius 1 is 1.13 bits per heavy atom. The van der Waals surface area contributed by atoms with Crippen LogP contribution in [0.25, 0.3) is 0 Å². The second-order valence-electron chi connectivity index (χ2n) is 6.26. The molecular formula is C19H17Br2N3O5S. The van der Waals surface area contributed by atoms with E-state index in [0.717, 1.165) is 4.47 Å². The number of nitrogens with zero attached hydrogens (tertiary/aromatic N) is 1. The Morgan fingerprint density at radius 3 is 2.43 bits per heavy atom. The number of carbonyl (C=O) groups is 1. The summed E-state index contributed by atoms with van der Waals surface area (Å²) in [5, 5.41) is 6.37. The molecule has 2 aromatic carbocycles. The first kappa shape index (κ1) is 22.3. The van der Waals surface area contributed by atoms with E-state index in [1.54, 1.807) is 26.0 Å². The van der Waals surface area contributed by atoms with Gasteiger partial charge in [0.05, 0.1) is 15.1 Å². The van der Waals surface area contributed by atoms with E-state index >= 15 is 0 Å². The smallest absolute Gasteiger partial charge is 0.264 e. The van der Waals surface area contributed by atoms with Gasteiger partial charge in [0.1, 0.15) is 5.75 Å². The lowest BCUT2D eigenvalue weighted by molar-refractivity contribution is -0.118. The van der Waals surface area contributed by atoms with Gasteiger partial charge >= 0.3 is 0 Å². The van der Waals surface area contributed by atoms with Crippen LogP contribution in [-0.4, -0.2) is 26.1 Å². The third-order valence-electron chi connectivity index (χ3n) is 4.09. The summed E-state index contributed by atoms with van der Waals surface area (Å²) in [6.07, 6.45) is 0. The molecule has 3 rings (SSSR count). The summed E-state index contributed by atoms with van der Waals surface area (Å²) < 4.78 is 39.4. The number of nitrogens with one attached hydrogen (secondary N) is 2. The van der Waals surface area contributed by atoms with Crippen molar-refractivity contribution in [2.75, 3.05) is 16.6 Å². The number of anilines is 2. The van der Waals surface area contributed by atoms with E-state index in [-0.39, 0.29) is 23.3 Å². The molecule has 0 aliphatic rings. The molecule has 0 bridgehead atoms. The van der Waals surface area contributed by atoms with Crippen LogP contribution in [-0.2, 0) is 14.8 Å². The van der Waals surface area contributed by atoms with Crippen molar-refractivity contribution in [3.8, 4) is 5.75 Å². The molecule has 8 nitrogen and oxygen atoms in total. The van der Waals surface area contributed by atoms with E-state index in [1.165, 1.54) is 24.3 Å². The summed E-state index contributed by atoms with van der Waals surface area (Å²) in [4.78, 5) is 12.1. The van der Waals surface area contributed by atoms with Crippen LogP contribution in [0.2, 0.25) is 0 Å². The second-order valence-corrected chi connectivity index (χ2v) is 9.72. The van der Waals surface area contributed by atoms with Gasteiger partial charge in [-0.2, -0.15) is 0 Å². The number of hydrogen-bond donors (Lipinski definition) is 2. The number of hydrogen-bond acceptors (Lipinski definition) is 6. The number of rotatable bonds is 7. The summed E-state index contributed by atoms with van der Waals surface area (Å²) in [6, 6.07) is 11.1. The van der Waals surface area contributed by atoms with Gasteiger partial charge in [0.2, 0.25) is 5.88 Å². The molecule has 0 atom stereocenters. The minimum Gasteiger partial charge on any atom is -0.483 e. The summed E-state index contributed by atoms with van der Waals surface area (Å²) >= 11 is 6.70. The number of carbonyl (C=O) groups excluding carboxylic acids is 1. The summed E-state index contributed by atoms with van der Waals surface area (Å²) in [6.45, 7) is 3.22. The predicted octanol–water partition coefficient (Wildman–Crippen LogP) is 4.63. The highest BCUT2D eigenvalue weighted by atomic mass is 79.9. The van der Waals surface area contributed by atoms with Crippen molar-refractivity contribution in [3.63, 3.8) is 0 Å². The SMILES string of the molecule is Cc1noc(NS(=O)(=O)c2ccc(NC(=O)COc3ccc(Br)cc3Br)cc2)c1C. The van der Waals surface area contributed by atoms with Crippen molar-refractivity contribution in [2.24, 2.45) is 0 Å². The molecule has 3 aromatic rings. The van der Waals surface area contributed by atoms with Gasteiger partial charge < -0.3 is 14.6 Å². The average molecular weight is 559 g/mol. The van der Waals surface area contributed by atoms with Crippen molar-refractivity contribution in [2.45, 2.75) is 18.7 Å². The third-order valence-corrected chi connectivity index (χ3v) is 6.55. The lowest BCUT2D eigenvalue weighted by atomic mass is 10.3. The fourth-order valence-corrected chi connectivity index (χ4v) is 4.55. The van der Waals surface area contributed by atoms with Crippen LogP contribution in [0, 0.1) is 13.8 Å². The Kier molecular flexibility index (Phi) is 6.84. The van der Waals surface area contributed by atoms with Crippen LogP contribution >= 0.6 is 31.9 Å². The van der Waals surface area contributed by atoms with Crippen molar-refractivity contribution in [1.82, 2.24) is 5.16 Å². The average Bonchev–Trinajstić information content (AvgIpc) is 2.99. The van der Waals surface area contributed by atoms with Gasteiger partial charge in [0.25, 0.3) is 15.9 Å². The molecular weight excluding hydrogens is 542 g/mol. The van der Waals surface area contributed by atoms with Crippen LogP contribution in [0.3, 0.4) is 0 Å². The number of ether oxygens (including phenoxy) is 1. The first-order valence-electron chi connectivity index (χ1n) is 8.59. The van der Waals surface area contributed by atoms with Crippen molar-refractivity contribution in [3.05, 3.63) is 62.7 Å². The first-order valence-corrected chi connectivity index (χ1v) is 11.7. The maximum absolute atomic E-state index is 12.5. The number of benzene rings is 2. The Balaban J connectivity index is 1.60. The fraction of sp³-hybridized carbons (Fsp3) is 0.158. The lowest BCUT2D eigenvalue weighted by Gasteiger charge is -2.10. The Hall–Kier alpha value is -2.37. The Bertz CT molecular complexity index is 1180. The van der Waals surface area contributed by atoms with Gasteiger partial charge in [-0.15, -0.1) is 0 Å². The number of sulfonamides is 1. The van der Waals surface area contributed by atoms with E-state index < -0.39 is 10.0 Å². The molecule has 0 saturated heterocycles. The molecule has 0 spiro atoms. The Morgan fingerprint density at radius 2 is 1.83 bits per heavy atom. The lowest BCUT2D eigenvalue weighted by Crippen LogP contribution is -2.20. The number of amides is 1. The zero-order chi connectivity index (χ0) is 21.9. The highest BCUT2D eigenvalue weighted by Crippen LogP contribution is 2.28. The molecule has 1 aromatic heterocycles. The van der Waals surface area contributed by atoms with Gasteiger partial charge in [-0.05, 0) is 72.2 Å². The minimum atomic E-state index is -3.85.